The predicted octanol–water partition coefficient (Wildman–Crippen LogP) is 4.86. The van der Waals surface area contributed by atoms with Crippen molar-refractivity contribution in [2.45, 2.75) is 13.0 Å². The Morgan fingerprint density at radius 1 is 0.893 bits per heavy atom. The van der Waals surface area contributed by atoms with Crippen LogP contribution in [0.25, 0.3) is 10.9 Å². The zero-order chi connectivity index (χ0) is 19.3. The molecule has 2 aromatic heterocycles. The van der Waals surface area contributed by atoms with Gasteiger partial charge in [0.05, 0.1) is 22.8 Å². The molecular formula is C23H20N4O. The molecule has 138 valence electrons. The number of anilines is 2. The number of hydrogen-bond acceptors (Lipinski definition) is 4. The number of carbonyl (C=O) groups excluding carboxylic acids is 1. The van der Waals surface area contributed by atoms with Gasteiger partial charge in [-0.25, -0.2) is 4.98 Å². The summed E-state index contributed by atoms with van der Waals surface area (Å²) in [6, 6.07) is 23.2. The van der Waals surface area contributed by atoms with Crippen molar-refractivity contribution in [1.82, 2.24) is 15.3 Å². The Morgan fingerprint density at radius 3 is 2.50 bits per heavy atom. The maximum Gasteiger partial charge on any atom is 0.253 e. The summed E-state index contributed by atoms with van der Waals surface area (Å²) in [5.74, 6) is 0.507. The monoisotopic (exact) mass is 368 g/mol. The van der Waals surface area contributed by atoms with Crippen LogP contribution in [0, 0.1) is 0 Å². The number of nitrogens with one attached hydrogen (secondary N) is 2. The molecule has 0 saturated heterocycles. The third kappa shape index (κ3) is 3.83. The fraction of sp³-hybridized carbons (Fsp3) is 0.0870. The van der Waals surface area contributed by atoms with Gasteiger partial charge < -0.3 is 10.6 Å². The van der Waals surface area contributed by atoms with Gasteiger partial charge in [0.1, 0.15) is 5.82 Å². The quantitative estimate of drug-likeness (QED) is 0.528. The van der Waals surface area contributed by atoms with Crippen LogP contribution in [-0.4, -0.2) is 15.9 Å². The second-order valence-corrected chi connectivity index (χ2v) is 6.54. The van der Waals surface area contributed by atoms with Crippen LogP contribution in [0.1, 0.15) is 28.9 Å². The average Bonchev–Trinajstić information content (AvgIpc) is 2.75. The van der Waals surface area contributed by atoms with E-state index in [1.807, 2.05) is 67.6 Å². The number of para-hydroxylation sites is 1. The van der Waals surface area contributed by atoms with Crippen LogP contribution in [0.15, 0.2) is 85.2 Å². The molecule has 0 bridgehead atoms. The Balaban J connectivity index is 1.47. The first kappa shape index (κ1) is 17.7. The number of benzene rings is 2. The van der Waals surface area contributed by atoms with Crippen LogP contribution in [0.4, 0.5) is 11.5 Å². The van der Waals surface area contributed by atoms with Crippen molar-refractivity contribution in [2.75, 3.05) is 5.32 Å². The number of fused-ring (bicyclic) bond motifs is 1. The molecular weight excluding hydrogens is 348 g/mol. The molecule has 1 atom stereocenters. The molecule has 0 aliphatic heterocycles. The molecule has 4 aromatic rings. The third-order valence-electron chi connectivity index (χ3n) is 4.57. The molecule has 0 radical (unpaired) electrons. The van der Waals surface area contributed by atoms with Gasteiger partial charge in [0.2, 0.25) is 0 Å². The van der Waals surface area contributed by atoms with Crippen molar-refractivity contribution in [3.8, 4) is 0 Å². The fourth-order valence-corrected chi connectivity index (χ4v) is 3.05. The van der Waals surface area contributed by atoms with Crippen molar-refractivity contribution in [1.29, 1.82) is 0 Å². The van der Waals surface area contributed by atoms with Crippen molar-refractivity contribution in [3.63, 3.8) is 0 Å². The molecule has 5 heteroatoms. The van der Waals surface area contributed by atoms with E-state index in [-0.39, 0.29) is 11.9 Å². The molecule has 2 heterocycles. The van der Waals surface area contributed by atoms with Gasteiger partial charge in [0.25, 0.3) is 5.91 Å². The van der Waals surface area contributed by atoms with Gasteiger partial charge in [-0.3, -0.25) is 9.78 Å². The van der Waals surface area contributed by atoms with Crippen LogP contribution in [0.3, 0.4) is 0 Å². The maximum atomic E-state index is 12.5. The SMILES string of the molecule is CC(NC(=O)c1ccc(Nc2cccc3cccnc23)nc1)c1ccccc1. The van der Waals surface area contributed by atoms with Gasteiger partial charge >= 0.3 is 0 Å². The van der Waals surface area contributed by atoms with E-state index < -0.39 is 0 Å². The fourth-order valence-electron chi connectivity index (χ4n) is 3.05. The van der Waals surface area contributed by atoms with Crippen LogP contribution in [0.2, 0.25) is 0 Å². The Bertz CT molecular complexity index is 1090. The summed E-state index contributed by atoms with van der Waals surface area (Å²) in [5, 5.41) is 7.32. The van der Waals surface area contributed by atoms with Gasteiger partial charge in [-0.05, 0) is 36.8 Å². The number of amides is 1. The van der Waals surface area contributed by atoms with E-state index in [4.69, 9.17) is 0 Å². The molecule has 5 nitrogen and oxygen atoms in total. The molecule has 28 heavy (non-hydrogen) atoms. The van der Waals surface area contributed by atoms with Gasteiger partial charge in [0.15, 0.2) is 0 Å². The zero-order valence-corrected chi connectivity index (χ0v) is 15.5. The summed E-state index contributed by atoms with van der Waals surface area (Å²) < 4.78 is 0. The van der Waals surface area contributed by atoms with E-state index in [1.165, 1.54) is 0 Å². The van der Waals surface area contributed by atoms with Crippen LogP contribution < -0.4 is 10.6 Å². The summed E-state index contributed by atoms with van der Waals surface area (Å²) >= 11 is 0. The number of nitrogens with zero attached hydrogens (tertiary/aromatic N) is 2. The van der Waals surface area contributed by atoms with Gasteiger partial charge in [-0.2, -0.15) is 0 Å². The number of hydrogen-bond donors (Lipinski definition) is 2. The highest BCUT2D eigenvalue weighted by atomic mass is 16.1. The lowest BCUT2D eigenvalue weighted by atomic mass is 10.1. The molecule has 1 unspecified atom stereocenters. The predicted molar refractivity (Wildman–Crippen MR) is 112 cm³/mol. The van der Waals surface area contributed by atoms with E-state index in [2.05, 4.69) is 20.6 Å². The van der Waals surface area contributed by atoms with E-state index in [1.54, 1.807) is 24.5 Å². The highest BCUT2D eigenvalue weighted by Gasteiger charge is 2.12. The third-order valence-corrected chi connectivity index (χ3v) is 4.57. The highest BCUT2D eigenvalue weighted by molar-refractivity contribution is 5.95. The van der Waals surface area contributed by atoms with Crippen molar-refractivity contribution in [3.05, 3.63) is 96.3 Å². The van der Waals surface area contributed by atoms with Crippen molar-refractivity contribution in [2.24, 2.45) is 0 Å². The van der Waals surface area contributed by atoms with E-state index in [0.717, 1.165) is 22.2 Å². The summed E-state index contributed by atoms with van der Waals surface area (Å²) in [4.78, 5) is 21.3. The molecule has 0 aliphatic rings. The molecule has 0 saturated carbocycles. The number of aromatic nitrogens is 2. The second-order valence-electron chi connectivity index (χ2n) is 6.54. The molecule has 0 spiro atoms. The smallest absolute Gasteiger partial charge is 0.253 e. The zero-order valence-electron chi connectivity index (χ0n) is 15.5. The van der Waals surface area contributed by atoms with Gasteiger partial charge in [0, 0.05) is 17.8 Å². The molecule has 0 fully saturated rings. The van der Waals surface area contributed by atoms with E-state index in [9.17, 15) is 4.79 Å². The minimum absolute atomic E-state index is 0.0757. The Kier molecular flexibility index (Phi) is 4.97. The van der Waals surface area contributed by atoms with Crippen LogP contribution in [0.5, 0.6) is 0 Å². The van der Waals surface area contributed by atoms with Crippen molar-refractivity contribution < 1.29 is 4.79 Å². The first-order valence-corrected chi connectivity index (χ1v) is 9.13. The number of rotatable bonds is 5. The highest BCUT2D eigenvalue weighted by Crippen LogP contribution is 2.23. The molecule has 4 rings (SSSR count). The van der Waals surface area contributed by atoms with Crippen molar-refractivity contribution >= 4 is 28.3 Å². The molecule has 2 N–H and O–H groups in total. The molecule has 1 amide bonds. The maximum absolute atomic E-state index is 12.5. The van der Waals surface area contributed by atoms with Crippen LogP contribution >= 0.6 is 0 Å². The Hall–Kier alpha value is -3.73. The summed E-state index contributed by atoms with van der Waals surface area (Å²) in [5.41, 5.74) is 3.33. The lowest BCUT2D eigenvalue weighted by Gasteiger charge is -2.14. The van der Waals surface area contributed by atoms with E-state index >= 15 is 0 Å². The first-order valence-electron chi connectivity index (χ1n) is 9.13. The normalized spacial score (nSPS) is 11.8. The second kappa shape index (κ2) is 7.88. The largest absolute Gasteiger partial charge is 0.345 e. The summed E-state index contributed by atoms with van der Waals surface area (Å²) in [6.45, 7) is 1.96. The lowest BCUT2D eigenvalue weighted by molar-refractivity contribution is 0.0939. The summed E-state index contributed by atoms with van der Waals surface area (Å²) in [7, 11) is 0. The number of pyridine rings is 2. The lowest BCUT2D eigenvalue weighted by Crippen LogP contribution is -2.26. The minimum atomic E-state index is -0.151. The number of carbonyl (C=O) groups is 1. The minimum Gasteiger partial charge on any atom is -0.345 e. The molecule has 2 aromatic carbocycles. The first-order chi connectivity index (χ1) is 13.7. The van der Waals surface area contributed by atoms with Gasteiger partial charge in [-0.15, -0.1) is 0 Å². The average molecular weight is 368 g/mol. The topological polar surface area (TPSA) is 66.9 Å². The van der Waals surface area contributed by atoms with E-state index in [0.29, 0.717) is 11.4 Å². The Labute approximate surface area is 163 Å². The summed E-state index contributed by atoms with van der Waals surface area (Å²) in [6.07, 6.45) is 3.34. The Morgan fingerprint density at radius 2 is 1.71 bits per heavy atom. The van der Waals surface area contributed by atoms with Gasteiger partial charge in [-0.1, -0.05) is 48.5 Å². The molecule has 0 aliphatic carbocycles. The van der Waals surface area contributed by atoms with Crippen LogP contribution in [-0.2, 0) is 0 Å². The standard InChI is InChI=1S/C23H20N4O/c1-16(17-7-3-2-4-8-17)26-23(28)19-12-13-21(25-15-19)27-20-11-5-9-18-10-6-14-24-22(18)20/h2-16H,1H3,(H,25,27)(H,26,28).